The third-order valence-corrected chi connectivity index (χ3v) is 3.11. The zero-order valence-electron chi connectivity index (χ0n) is 8.97. The summed E-state index contributed by atoms with van der Waals surface area (Å²) in [5.74, 6) is 0.835. The van der Waals surface area contributed by atoms with Gasteiger partial charge in [-0.15, -0.1) is 0 Å². The van der Waals surface area contributed by atoms with Crippen LogP contribution in [0.25, 0.3) is 0 Å². The van der Waals surface area contributed by atoms with Gasteiger partial charge in [-0.05, 0) is 24.8 Å². The van der Waals surface area contributed by atoms with E-state index in [1.54, 1.807) is 6.20 Å². The summed E-state index contributed by atoms with van der Waals surface area (Å²) < 4.78 is 7.12. The molecule has 0 aromatic carbocycles. The monoisotopic (exact) mass is 218 g/mol. The van der Waals surface area contributed by atoms with Gasteiger partial charge in [0, 0.05) is 24.0 Å². The first-order valence-corrected chi connectivity index (χ1v) is 5.59. The summed E-state index contributed by atoms with van der Waals surface area (Å²) in [6.45, 7) is 0.680. The summed E-state index contributed by atoms with van der Waals surface area (Å²) in [6.07, 6.45) is 8.48. The van der Waals surface area contributed by atoms with Gasteiger partial charge in [0.2, 0.25) is 0 Å². The molecule has 1 atom stereocenters. The van der Waals surface area contributed by atoms with Gasteiger partial charge in [-0.25, -0.2) is 0 Å². The Morgan fingerprint density at radius 1 is 1.50 bits per heavy atom. The van der Waals surface area contributed by atoms with Crippen molar-refractivity contribution in [2.24, 2.45) is 0 Å². The second-order valence-electron chi connectivity index (χ2n) is 4.30. The number of aliphatic hydroxyl groups is 1. The fraction of sp³-hybridized carbons (Fsp3) is 0.417. The number of aryl methyl sites for hydroxylation is 1. The summed E-state index contributed by atoms with van der Waals surface area (Å²) in [5, 5.41) is 13.5. The largest absolute Gasteiger partial charge is 0.388 e. The molecule has 1 aliphatic carbocycles. The molecule has 2 heterocycles. The maximum atomic E-state index is 9.85. The molecule has 0 fully saturated rings. The molecule has 0 radical (unpaired) electrons. The van der Waals surface area contributed by atoms with Crippen molar-refractivity contribution in [1.29, 1.82) is 0 Å². The van der Waals surface area contributed by atoms with Gasteiger partial charge < -0.3 is 14.2 Å². The SMILES string of the molecule is OC1CCCc2cn(Cc3ccno3)cc21. The van der Waals surface area contributed by atoms with Crippen molar-refractivity contribution in [3.8, 4) is 0 Å². The molecule has 0 amide bonds. The van der Waals surface area contributed by atoms with E-state index < -0.39 is 0 Å². The Bertz CT molecular complexity index is 473. The second-order valence-corrected chi connectivity index (χ2v) is 4.30. The van der Waals surface area contributed by atoms with Crippen LogP contribution in [-0.2, 0) is 13.0 Å². The van der Waals surface area contributed by atoms with Crippen molar-refractivity contribution in [1.82, 2.24) is 9.72 Å². The Morgan fingerprint density at radius 2 is 2.44 bits per heavy atom. The first-order valence-electron chi connectivity index (χ1n) is 5.59. The Balaban J connectivity index is 1.87. The van der Waals surface area contributed by atoms with Gasteiger partial charge >= 0.3 is 0 Å². The average molecular weight is 218 g/mol. The fourth-order valence-electron chi connectivity index (χ4n) is 2.32. The minimum absolute atomic E-state index is 0.292. The van der Waals surface area contributed by atoms with Crippen LogP contribution in [-0.4, -0.2) is 14.8 Å². The lowest BCUT2D eigenvalue weighted by Gasteiger charge is -2.16. The topological polar surface area (TPSA) is 51.2 Å². The Hall–Kier alpha value is -1.55. The highest BCUT2D eigenvalue weighted by Crippen LogP contribution is 2.30. The molecule has 16 heavy (non-hydrogen) atoms. The molecule has 0 aliphatic heterocycles. The van der Waals surface area contributed by atoms with Gasteiger partial charge in [0.1, 0.15) is 0 Å². The molecule has 2 aromatic rings. The van der Waals surface area contributed by atoms with Crippen LogP contribution in [0.2, 0.25) is 0 Å². The third kappa shape index (κ3) is 1.65. The maximum Gasteiger partial charge on any atom is 0.156 e. The van der Waals surface area contributed by atoms with E-state index in [4.69, 9.17) is 4.52 Å². The lowest BCUT2D eigenvalue weighted by atomic mass is 9.93. The zero-order valence-corrected chi connectivity index (χ0v) is 8.97. The molecule has 1 unspecified atom stereocenters. The number of rotatable bonds is 2. The highest BCUT2D eigenvalue weighted by atomic mass is 16.5. The minimum Gasteiger partial charge on any atom is -0.388 e. The normalized spacial score (nSPS) is 19.7. The summed E-state index contributed by atoms with van der Waals surface area (Å²) in [6, 6.07) is 1.86. The van der Waals surface area contributed by atoms with Crippen LogP contribution < -0.4 is 0 Å². The number of hydrogen-bond acceptors (Lipinski definition) is 3. The lowest BCUT2D eigenvalue weighted by molar-refractivity contribution is 0.157. The molecule has 84 valence electrons. The van der Waals surface area contributed by atoms with Gasteiger partial charge in [-0.1, -0.05) is 5.16 Å². The molecule has 3 rings (SSSR count). The molecule has 4 nitrogen and oxygen atoms in total. The van der Waals surface area contributed by atoms with Crippen molar-refractivity contribution in [2.75, 3.05) is 0 Å². The van der Waals surface area contributed by atoms with E-state index in [1.807, 2.05) is 12.3 Å². The first-order chi connectivity index (χ1) is 7.83. The van der Waals surface area contributed by atoms with Crippen molar-refractivity contribution in [3.63, 3.8) is 0 Å². The van der Waals surface area contributed by atoms with Crippen molar-refractivity contribution in [3.05, 3.63) is 41.5 Å². The third-order valence-electron chi connectivity index (χ3n) is 3.11. The fourth-order valence-corrected chi connectivity index (χ4v) is 2.32. The Labute approximate surface area is 93.5 Å². The van der Waals surface area contributed by atoms with Gasteiger partial charge in [0.25, 0.3) is 0 Å². The lowest BCUT2D eigenvalue weighted by Crippen LogP contribution is -2.05. The Kier molecular flexibility index (Phi) is 2.29. The van der Waals surface area contributed by atoms with E-state index in [1.165, 1.54) is 5.56 Å². The summed E-state index contributed by atoms with van der Waals surface area (Å²) >= 11 is 0. The van der Waals surface area contributed by atoms with Crippen LogP contribution in [0.15, 0.2) is 29.2 Å². The van der Waals surface area contributed by atoms with E-state index in [0.717, 1.165) is 30.6 Å². The van der Waals surface area contributed by atoms with E-state index in [9.17, 15) is 5.11 Å². The molecule has 0 saturated heterocycles. The summed E-state index contributed by atoms with van der Waals surface area (Å²) in [7, 11) is 0. The van der Waals surface area contributed by atoms with Gasteiger partial charge in [-0.3, -0.25) is 0 Å². The average Bonchev–Trinajstić information content (AvgIpc) is 2.88. The molecule has 0 saturated carbocycles. The van der Waals surface area contributed by atoms with Crippen LogP contribution >= 0.6 is 0 Å². The van der Waals surface area contributed by atoms with Crippen LogP contribution in [0, 0.1) is 0 Å². The van der Waals surface area contributed by atoms with Crippen molar-refractivity contribution in [2.45, 2.75) is 31.9 Å². The van der Waals surface area contributed by atoms with Crippen LogP contribution in [0.4, 0.5) is 0 Å². The Morgan fingerprint density at radius 3 is 3.19 bits per heavy atom. The number of aromatic nitrogens is 2. The highest BCUT2D eigenvalue weighted by molar-refractivity contribution is 5.29. The molecule has 1 aliphatic rings. The summed E-state index contributed by atoms with van der Waals surface area (Å²) in [5.41, 5.74) is 2.34. The van der Waals surface area contributed by atoms with Crippen LogP contribution in [0.1, 0.15) is 35.8 Å². The smallest absolute Gasteiger partial charge is 0.156 e. The molecular formula is C12H14N2O2. The standard InChI is InChI=1S/C12H14N2O2/c15-12-3-1-2-9-6-14(8-11(9)12)7-10-4-5-13-16-10/h4-6,8,12,15H,1-3,7H2. The van der Waals surface area contributed by atoms with E-state index >= 15 is 0 Å². The van der Waals surface area contributed by atoms with E-state index in [-0.39, 0.29) is 6.10 Å². The van der Waals surface area contributed by atoms with Crippen molar-refractivity contribution < 1.29 is 9.63 Å². The predicted molar refractivity (Wildman–Crippen MR) is 57.9 cm³/mol. The number of nitrogens with zero attached hydrogens (tertiary/aromatic N) is 2. The zero-order chi connectivity index (χ0) is 11.0. The van der Waals surface area contributed by atoms with Gasteiger partial charge in [0.05, 0.1) is 18.8 Å². The molecular weight excluding hydrogens is 204 g/mol. The van der Waals surface area contributed by atoms with Gasteiger partial charge in [0.15, 0.2) is 5.76 Å². The molecule has 1 N–H and O–H groups in total. The maximum absolute atomic E-state index is 9.85. The number of fused-ring (bicyclic) bond motifs is 1. The highest BCUT2D eigenvalue weighted by Gasteiger charge is 2.19. The van der Waals surface area contributed by atoms with Crippen LogP contribution in [0.5, 0.6) is 0 Å². The van der Waals surface area contributed by atoms with E-state index in [0.29, 0.717) is 6.54 Å². The second kappa shape index (κ2) is 3.79. The van der Waals surface area contributed by atoms with Gasteiger partial charge in [-0.2, -0.15) is 0 Å². The molecule has 2 aromatic heterocycles. The molecule has 4 heteroatoms. The number of aliphatic hydroxyl groups excluding tert-OH is 1. The predicted octanol–water partition coefficient (Wildman–Crippen LogP) is 1.89. The van der Waals surface area contributed by atoms with Crippen LogP contribution in [0.3, 0.4) is 0 Å². The minimum atomic E-state index is -0.292. The van der Waals surface area contributed by atoms with E-state index in [2.05, 4.69) is 15.9 Å². The number of hydrogen-bond donors (Lipinski definition) is 1. The first kappa shape index (κ1) is 9.66. The summed E-state index contributed by atoms with van der Waals surface area (Å²) in [4.78, 5) is 0. The quantitative estimate of drug-likeness (QED) is 0.837. The molecule has 0 bridgehead atoms. The molecule has 0 spiro atoms. The van der Waals surface area contributed by atoms with Crippen molar-refractivity contribution >= 4 is 0 Å².